The average molecular weight is 434 g/mol. The number of nitrogens with one attached hydrogen (secondary N) is 1. The van der Waals surface area contributed by atoms with Crippen LogP contribution >= 0.6 is 23.1 Å². The number of aromatic nitrogens is 2. The first kappa shape index (κ1) is 20.9. The molecular formula is C22H31N3O2S2. The van der Waals surface area contributed by atoms with Gasteiger partial charge in [-0.2, -0.15) is 0 Å². The van der Waals surface area contributed by atoms with Gasteiger partial charge < -0.3 is 9.88 Å². The van der Waals surface area contributed by atoms with Crippen LogP contribution in [0.3, 0.4) is 0 Å². The second-order valence-electron chi connectivity index (χ2n) is 8.91. The maximum absolute atomic E-state index is 13.0. The Balaban J connectivity index is 1.40. The van der Waals surface area contributed by atoms with Crippen LogP contribution in [0.15, 0.2) is 4.79 Å². The third-order valence-electron chi connectivity index (χ3n) is 6.40. The maximum atomic E-state index is 13.0. The van der Waals surface area contributed by atoms with E-state index in [1.165, 1.54) is 16.9 Å². The molecule has 2 aromatic rings. The molecular weight excluding hydrogens is 402 g/mol. The number of carbonyl (C=O) groups is 1. The summed E-state index contributed by atoms with van der Waals surface area (Å²) in [6, 6.07) is 0.343. The van der Waals surface area contributed by atoms with Crippen LogP contribution in [0.5, 0.6) is 0 Å². The van der Waals surface area contributed by atoms with Crippen molar-refractivity contribution in [2.45, 2.75) is 71.1 Å². The zero-order valence-corrected chi connectivity index (χ0v) is 19.3. The van der Waals surface area contributed by atoms with Crippen molar-refractivity contribution in [3.8, 4) is 0 Å². The predicted molar refractivity (Wildman–Crippen MR) is 122 cm³/mol. The molecule has 1 N–H and O–H groups in total. The quantitative estimate of drug-likeness (QED) is 0.760. The van der Waals surface area contributed by atoms with Gasteiger partial charge in [0.1, 0.15) is 10.7 Å². The summed E-state index contributed by atoms with van der Waals surface area (Å²) in [5.74, 6) is 3.09. The molecule has 1 saturated heterocycles. The first-order valence-electron chi connectivity index (χ1n) is 10.8. The second kappa shape index (κ2) is 8.80. The molecule has 158 valence electrons. The van der Waals surface area contributed by atoms with Crippen LogP contribution in [0.4, 0.5) is 0 Å². The smallest absolute Gasteiger partial charge is 0.259 e. The molecule has 0 saturated carbocycles. The van der Waals surface area contributed by atoms with Crippen molar-refractivity contribution >= 4 is 39.2 Å². The normalized spacial score (nSPS) is 22.3. The van der Waals surface area contributed by atoms with E-state index in [0.717, 1.165) is 48.9 Å². The van der Waals surface area contributed by atoms with Crippen molar-refractivity contribution in [2.75, 3.05) is 12.3 Å². The Labute approximate surface area is 180 Å². The molecule has 2 unspecified atom stereocenters. The van der Waals surface area contributed by atoms with Crippen LogP contribution in [0.2, 0.25) is 0 Å². The molecule has 1 fully saturated rings. The average Bonchev–Trinajstić information content (AvgIpc) is 3.18. The highest BCUT2D eigenvalue weighted by molar-refractivity contribution is 7.99. The fourth-order valence-electron chi connectivity index (χ4n) is 4.72. The number of likely N-dealkylation sites (tertiary alicyclic amines) is 1. The molecule has 3 heterocycles. The zero-order valence-electron chi connectivity index (χ0n) is 17.6. The Bertz CT molecular complexity index is 949. The molecule has 1 amide bonds. The van der Waals surface area contributed by atoms with Crippen molar-refractivity contribution in [1.29, 1.82) is 0 Å². The van der Waals surface area contributed by atoms with Gasteiger partial charge in [0.25, 0.3) is 5.56 Å². The Morgan fingerprint density at radius 3 is 2.93 bits per heavy atom. The summed E-state index contributed by atoms with van der Waals surface area (Å²) in [7, 11) is 0. The topological polar surface area (TPSA) is 66.1 Å². The number of thiophene rings is 1. The molecule has 0 bridgehead atoms. The van der Waals surface area contributed by atoms with Crippen molar-refractivity contribution < 1.29 is 4.79 Å². The van der Waals surface area contributed by atoms with Crippen LogP contribution in [0, 0.1) is 11.8 Å². The molecule has 2 atom stereocenters. The number of rotatable bonds is 5. The summed E-state index contributed by atoms with van der Waals surface area (Å²) < 4.78 is 0. The highest BCUT2D eigenvalue weighted by atomic mass is 32.2. The number of amides is 1. The van der Waals surface area contributed by atoms with Gasteiger partial charge in [-0.25, -0.2) is 4.98 Å². The van der Waals surface area contributed by atoms with E-state index in [1.807, 2.05) is 0 Å². The van der Waals surface area contributed by atoms with E-state index < -0.39 is 0 Å². The maximum Gasteiger partial charge on any atom is 0.259 e. The lowest BCUT2D eigenvalue weighted by Gasteiger charge is -2.33. The van der Waals surface area contributed by atoms with Gasteiger partial charge in [0.15, 0.2) is 0 Å². The van der Waals surface area contributed by atoms with Gasteiger partial charge in [-0.15, -0.1) is 23.1 Å². The largest absolute Gasteiger partial charge is 0.339 e. The van der Waals surface area contributed by atoms with E-state index in [0.29, 0.717) is 35.2 Å². The molecule has 1 aliphatic heterocycles. The van der Waals surface area contributed by atoms with Crippen molar-refractivity contribution in [1.82, 2.24) is 14.9 Å². The lowest BCUT2D eigenvalue weighted by atomic mass is 9.95. The Morgan fingerprint density at radius 1 is 1.31 bits per heavy atom. The molecule has 29 heavy (non-hydrogen) atoms. The molecule has 2 aliphatic rings. The van der Waals surface area contributed by atoms with Crippen LogP contribution in [0.1, 0.15) is 62.7 Å². The van der Waals surface area contributed by atoms with Gasteiger partial charge in [-0.05, 0) is 55.9 Å². The number of nitrogens with zero attached hydrogens (tertiary/aromatic N) is 2. The number of H-pyrrole nitrogens is 1. The van der Waals surface area contributed by atoms with E-state index in [2.05, 4.69) is 30.7 Å². The first-order valence-corrected chi connectivity index (χ1v) is 12.8. The fraction of sp³-hybridized carbons (Fsp3) is 0.682. The Kier molecular flexibility index (Phi) is 6.35. The standard InChI is InChI=1S/C22H31N3O2S2/c1-13(2)16-8-7-14(3)9-10-25(16)19(26)12-28-11-18-23-21(27)20-15-5-4-6-17(15)29-22(20)24-18/h13-14,16H,4-12H2,1-3H3,(H,23,24,27). The predicted octanol–water partition coefficient (Wildman–Crippen LogP) is 4.38. The summed E-state index contributed by atoms with van der Waals surface area (Å²) in [5, 5.41) is 0.797. The lowest BCUT2D eigenvalue weighted by Crippen LogP contribution is -2.43. The van der Waals surface area contributed by atoms with E-state index in [1.54, 1.807) is 23.1 Å². The highest BCUT2D eigenvalue weighted by Crippen LogP contribution is 2.34. The summed E-state index contributed by atoms with van der Waals surface area (Å²) in [4.78, 5) is 37.5. The Morgan fingerprint density at radius 2 is 2.14 bits per heavy atom. The third-order valence-corrected chi connectivity index (χ3v) is 8.51. The van der Waals surface area contributed by atoms with Gasteiger partial charge >= 0.3 is 0 Å². The molecule has 0 radical (unpaired) electrons. The Hall–Kier alpha value is -1.34. The SMILES string of the molecule is CC1CCC(C(C)C)N(C(=O)CSCc2nc3sc4c(c3c(=O)[nH]2)CCC4)CC1. The summed E-state index contributed by atoms with van der Waals surface area (Å²) in [6.45, 7) is 7.59. The van der Waals surface area contributed by atoms with Gasteiger partial charge in [0, 0.05) is 17.5 Å². The minimum Gasteiger partial charge on any atom is -0.339 e. The van der Waals surface area contributed by atoms with Crippen molar-refractivity contribution in [2.24, 2.45) is 11.8 Å². The lowest BCUT2D eigenvalue weighted by molar-refractivity contribution is -0.131. The molecule has 4 rings (SSSR count). The molecule has 0 aromatic carbocycles. The third kappa shape index (κ3) is 4.41. The van der Waals surface area contributed by atoms with Crippen LogP contribution in [0.25, 0.3) is 10.2 Å². The minimum absolute atomic E-state index is 0.0160. The molecule has 7 heteroatoms. The second-order valence-corrected chi connectivity index (χ2v) is 11.0. The summed E-state index contributed by atoms with van der Waals surface area (Å²) in [5.41, 5.74) is 1.20. The number of aromatic amines is 1. The number of thioether (sulfide) groups is 1. The minimum atomic E-state index is -0.0160. The number of fused-ring (bicyclic) bond motifs is 3. The fourth-order valence-corrected chi connectivity index (χ4v) is 6.77. The van der Waals surface area contributed by atoms with Crippen LogP contribution in [-0.2, 0) is 23.4 Å². The number of hydrogen-bond donors (Lipinski definition) is 1. The molecule has 5 nitrogen and oxygen atoms in total. The van der Waals surface area contributed by atoms with Gasteiger partial charge in [-0.1, -0.05) is 20.8 Å². The van der Waals surface area contributed by atoms with Crippen molar-refractivity contribution in [3.63, 3.8) is 0 Å². The van der Waals surface area contributed by atoms with E-state index in [9.17, 15) is 9.59 Å². The number of aryl methyl sites for hydroxylation is 2. The molecule has 0 spiro atoms. The monoisotopic (exact) mass is 433 g/mol. The highest BCUT2D eigenvalue weighted by Gasteiger charge is 2.29. The van der Waals surface area contributed by atoms with E-state index >= 15 is 0 Å². The zero-order chi connectivity index (χ0) is 20.5. The summed E-state index contributed by atoms with van der Waals surface area (Å²) >= 11 is 3.23. The first-order chi connectivity index (χ1) is 13.9. The van der Waals surface area contributed by atoms with Gasteiger partial charge in [0.05, 0.1) is 16.9 Å². The van der Waals surface area contributed by atoms with Gasteiger partial charge in [0.2, 0.25) is 5.91 Å². The van der Waals surface area contributed by atoms with Crippen LogP contribution < -0.4 is 5.56 Å². The number of carbonyl (C=O) groups excluding carboxylic acids is 1. The molecule has 2 aromatic heterocycles. The van der Waals surface area contributed by atoms with E-state index in [4.69, 9.17) is 4.98 Å². The van der Waals surface area contributed by atoms with Crippen LogP contribution in [-0.4, -0.2) is 39.1 Å². The van der Waals surface area contributed by atoms with Gasteiger partial charge in [-0.3, -0.25) is 9.59 Å². The number of hydrogen-bond acceptors (Lipinski definition) is 5. The summed E-state index contributed by atoms with van der Waals surface area (Å²) in [6.07, 6.45) is 6.60. The van der Waals surface area contributed by atoms with Crippen molar-refractivity contribution in [3.05, 3.63) is 26.6 Å². The molecule has 1 aliphatic carbocycles. The van der Waals surface area contributed by atoms with E-state index in [-0.39, 0.29) is 11.5 Å².